The highest BCUT2D eigenvalue weighted by molar-refractivity contribution is 6.04. The minimum Gasteiger partial charge on any atom is -0.353 e. The van der Waals surface area contributed by atoms with Crippen LogP contribution < -0.4 is 4.90 Å². The van der Waals surface area contributed by atoms with E-state index in [1.165, 1.54) is 11.1 Å². The number of nitrogens with zero attached hydrogens (tertiary/aromatic N) is 5. The SMILES string of the molecule is Cc1ccc(-c2cc(N3CCCN(C(=O)c4nn(C)c5ccccc45)CC3)n[nH]2)cc1C. The van der Waals surface area contributed by atoms with Crippen molar-refractivity contribution in [3.05, 3.63) is 65.4 Å². The van der Waals surface area contributed by atoms with Crippen molar-refractivity contribution in [1.82, 2.24) is 24.9 Å². The monoisotopic (exact) mass is 428 g/mol. The van der Waals surface area contributed by atoms with Crippen LogP contribution in [0.25, 0.3) is 22.2 Å². The van der Waals surface area contributed by atoms with Gasteiger partial charge in [0.1, 0.15) is 0 Å². The third-order valence-corrected chi connectivity index (χ3v) is 6.45. The van der Waals surface area contributed by atoms with Crippen molar-refractivity contribution in [3.8, 4) is 11.3 Å². The van der Waals surface area contributed by atoms with Crippen molar-refractivity contribution in [2.24, 2.45) is 7.05 Å². The number of hydrogen-bond donors (Lipinski definition) is 1. The van der Waals surface area contributed by atoms with Crippen LogP contribution in [0, 0.1) is 13.8 Å². The first kappa shape index (κ1) is 20.3. The lowest BCUT2D eigenvalue weighted by atomic mass is 10.0. The van der Waals surface area contributed by atoms with Crippen LogP contribution in [0.4, 0.5) is 5.82 Å². The predicted molar refractivity (Wildman–Crippen MR) is 127 cm³/mol. The van der Waals surface area contributed by atoms with Gasteiger partial charge in [-0.15, -0.1) is 0 Å². The van der Waals surface area contributed by atoms with Gasteiger partial charge in [0.05, 0.1) is 11.2 Å². The Morgan fingerprint density at radius 2 is 1.81 bits per heavy atom. The number of nitrogens with one attached hydrogen (secondary N) is 1. The Bertz CT molecular complexity index is 1290. The van der Waals surface area contributed by atoms with Gasteiger partial charge >= 0.3 is 0 Å². The summed E-state index contributed by atoms with van der Waals surface area (Å²) in [6, 6.07) is 16.4. The van der Waals surface area contributed by atoms with Gasteiger partial charge in [0.2, 0.25) is 0 Å². The van der Waals surface area contributed by atoms with Crippen molar-refractivity contribution in [2.45, 2.75) is 20.3 Å². The van der Waals surface area contributed by atoms with Gasteiger partial charge in [0.25, 0.3) is 5.91 Å². The fraction of sp³-hybridized carbons (Fsp3) is 0.320. The van der Waals surface area contributed by atoms with Crippen LogP contribution in [0.5, 0.6) is 0 Å². The van der Waals surface area contributed by atoms with Crippen LogP contribution in [0.15, 0.2) is 48.5 Å². The van der Waals surface area contributed by atoms with Gasteiger partial charge in [0, 0.05) is 44.7 Å². The first-order valence-corrected chi connectivity index (χ1v) is 11.1. The van der Waals surface area contributed by atoms with Gasteiger partial charge in [-0.2, -0.15) is 10.2 Å². The van der Waals surface area contributed by atoms with E-state index in [1.54, 1.807) is 4.68 Å². The molecule has 2 aromatic heterocycles. The zero-order valence-electron chi connectivity index (χ0n) is 18.8. The Morgan fingerprint density at radius 3 is 2.66 bits per heavy atom. The highest BCUT2D eigenvalue weighted by Crippen LogP contribution is 2.25. The summed E-state index contributed by atoms with van der Waals surface area (Å²) in [7, 11) is 1.88. The number of hydrogen-bond acceptors (Lipinski definition) is 4. The zero-order valence-corrected chi connectivity index (χ0v) is 18.8. The Hall–Kier alpha value is -3.61. The summed E-state index contributed by atoms with van der Waals surface area (Å²) in [6.45, 7) is 7.22. The maximum absolute atomic E-state index is 13.3. The van der Waals surface area contributed by atoms with E-state index in [0.717, 1.165) is 47.5 Å². The lowest BCUT2D eigenvalue weighted by molar-refractivity contribution is 0.0762. The van der Waals surface area contributed by atoms with Crippen LogP contribution in [0.1, 0.15) is 28.0 Å². The Kier molecular flexibility index (Phi) is 5.17. The molecule has 3 heterocycles. The summed E-state index contributed by atoms with van der Waals surface area (Å²) in [5, 5.41) is 13.2. The second-order valence-electron chi connectivity index (χ2n) is 8.56. The molecule has 0 saturated carbocycles. The fourth-order valence-corrected chi connectivity index (χ4v) is 4.40. The molecule has 4 aromatic rings. The van der Waals surface area contributed by atoms with E-state index >= 15 is 0 Å². The Morgan fingerprint density at radius 1 is 0.969 bits per heavy atom. The molecule has 0 bridgehead atoms. The van der Waals surface area contributed by atoms with E-state index in [4.69, 9.17) is 0 Å². The minimum atomic E-state index is 0.00139. The summed E-state index contributed by atoms with van der Waals surface area (Å²) >= 11 is 0. The molecule has 32 heavy (non-hydrogen) atoms. The molecule has 1 amide bonds. The third-order valence-electron chi connectivity index (χ3n) is 6.45. The van der Waals surface area contributed by atoms with Crippen LogP contribution >= 0.6 is 0 Å². The molecular formula is C25H28N6O. The number of H-pyrrole nitrogens is 1. The molecule has 7 nitrogen and oxygen atoms in total. The van der Waals surface area contributed by atoms with Crippen LogP contribution in [-0.2, 0) is 7.05 Å². The van der Waals surface area contributed by atoms with E-state index in [-0.39, 0.29) is 5.91 Å². The Balaban J connectivity index is 1.32. The molecule has 0 aliphatic carbocycles. The summed E-state index contributed by atoms with van der Waals surface area (Å²) in [5.74, 6) is 0.928. The van der Waals surface area contributed by atoms with E-state index in [9.17, 15) is 4.79 Å². The van der Waals surface area contributed by atoms with Gasteiger partial charge in [-0.3, -0.25) is 14.6 Å². The highest BCUT2D eigenvalue weighted by atomic mass is 16.2. The summed E-state index contributed by atoms with van der Waals surface area (Å²) < 4.78 is 1.78. The number of para-hydroxylation sites is 1. The normalized spacial score (nSPS) is 14.7. The number of anilines is 1. The molecule has 1 aliphatic rings. The molecule has 2 aromatic carbocycles. The number of fused-ring (bicyclic) bond motifs is 1. The number of amides is 1. The first-order chi connectivity index (χ1) is 15.5. The van der Waals surface area contributed by atoms with Crippen molar-refractivity contribution in [2.75, 3.05) is 31.1 Å². The van der Waals surface area contributed by atoms with Crippen molar-refractivity contribution < 1.29 is 4.79 Å². The number of carbonyl (C=O) groups excluding carboxylic acids is 1. The average Bonchev–Trinajstić information content (AvgIpc) is 3.33. The topological polar surface area (TPSA) is 70.0 Å². The van der Waals surface area contributed by atoms with Crippen LogP contribution in [-0.4, -0.2) is 57.0 Å². The molecule has 0 spiro atoms. The van der Waals surface area contributed by atoms with Gasteiger partial charge in [-0.05, 0) is 49.1 Å². The van der Waals surface area contributed by atoms with Gasteiger partial charge in [-0.25, -0.2) is 0 Å². The molecule has 164 valence electrons. The van der Waals surface area contributed by atoms with Crippen LogP contribution in [0.3, 0.4) is 0 Å². The molecule has 0 unspecified atom stereocenters. The molecule has 1 N–H and O–H groups in total. The fourth-order valence-electron chi connectivity index (χ4n) is 4.40. The molecule has 0 radical (unpaired) electrons. The zero-order chi connectivity index (χ0) is 22.2. The molecule has 1 saturated heterocycles. The van der Waals surface area contributed by atoms with E-state index in [1.807, 2.05) is 36.2 Å². The van der Waals surface area contributed by atoms with E-state index in [2.05, 4.69) is 58.3 Å². The molecule has 1 fully saturated rings. The molecule has 5 rings (SSSR count). The lowest BCUT2D eigenvalue weighted by Gasteiger charge is -2.21. The largest absolute Gasteiger partial charge is 0.353 e. The van der Waals surface area contributed by atoms with Gasteiger partial charge in [0.15, 0.2) is 11.5 Å². The summed E-state index contributed by atoms with van der Waals surface area (Å²) in [5.41, 5.74) is 6.22. The number of benzene rings is 2. The second kappa shape index (κ2) is 8.15. The quantitative estimate of drug-likeness (QED) is 0.537. The van der Waals surface area contributed by atoms with E-state index < -0.39 is 0 Å². The van der Waals surface area contributed by atoms with E-state index in [0.29, 0.717) is 18.8 Å². The average molecular weight is 429 g/mol. The van der Waals surface area contributed by atoms with Crippen molar-refractivity contribution in [3.63, 3.8) is 0 Å². The molecule has 7 heteroatoms. The number of aromatic amines is 1. The van der Waals surface area contributed by atoms with Gasteiger partial charge < -0.3 is 9.80 Å². The van der Waals surface area contributed by atoms with Crippen molar-refractivity contribution >= 4 is 22.6 Å². The smallest absolute Gasteiger partial charge is 0.275 e. The minimum absolute atomic E-state index is 0.00139. The van der Waals surface area contributed by atoms with Gasteiger partial charge in [-0.1, -0.05) is 30.3 Å². The number of carbonyl (C=O) groups is 1. The Labute approximate surface area is 187 Å². The summed E-state index contributed by atoms with van der Waals surface area (Å²) in [4.78, 5) is 17.5. The number of aryl methyl sites for hydroxylation is 3. The number of aromatic nitrogens is 4. The molecule has 1 aliphatic heterocycles. The highest BCUT2D eigenvalue weighted by Gasteiger charge is 2.25. The standard InChI is InChI=1S/C25H28N6O/c1-17-9-10-19(15-18(17)2)21-16-23(27-26-21)30-11-6-12-31(14-13-30)25(32)24-20-7-4-5-8-22(20)29(3)28-24/h4-5,7-10,15-16H,6,11-14H2,1-3H3,(H,26,27). The maximum atomic E-state index is 13.3. The third kappa shape index (κ3) is 3.64. The summed E-state index contributed by atoms with van der Waals surface area (Å²) in [6.07, 6.45) is 0.891. The van der Waals surface area contributed by atoms with Crippen molar-refractivity contribution in [1.29, 1.82) is 0 Å². The molecule has 0 atom stereocenters. The predicted octanol–water partition coefficient (Wildman–Crippen LogP) is 3.93. The second-order valence-corrected chi connectivity index (χ2v) is 8.56. The number of rotatable bonds is 3. The van der Waals surface area contributed by atoms with Crippen LogP contribution in [0.2, 0.25) is 0 Å². The lowest BCUT2D eigenvalue weighted by Crippen LogP contribution is -2.35. The first-order valence-electron chi connectivity index (χ1n) is 11.1. The molecular weight excluding hydrogens is 400 g/mol. The maximum Gasteiger partial charge on any atom is 0.275 e.